The Hall–Kier alpha value is -1.58. The molecule has 1 aromatic heterocycles. The van der Waals surface area contributed by atoms with E-state index in [0.29, 0.717) is 18.2 Å². The van der Waals surface area contributed by atoms with Gasteiger partial charge in [-0.1, -0.05) is 27.7 Å². The van der Waals surface area contributed by atoms with Crippen molar-refractivity contribution < 1.29 is 4.79 Å². The summed E-state index contributed by atoms with van der Waals surface area (Å²) >= 11 is 0. The van der Waals surface area contributed by atoms with Gasteiger partial charge in [-0.25, -0.2) is 0 Å². The summed E-state index contributed by atoms with van der Waals surface area (Å²) in [6, 6.07) is 3.88. The lowest BCUT2D eigenvalue weighted by atomic mass is 10.1. The Balaban J connectivity index is 2.71. The Kier molecular flexibility index (Phi) is 7.80. The molecule has 118 valence electrons. The van der Waals surface area contributed by atoms with Crippen molar-refractivity contribution in [3.8, 4) is 0 Å². The third-order valence-electron chi connectivity index (χ3n) is 3.34. The first-order valence-electron chi connectivity index (χ1n) is 8.07. The van der Waals surface area contributed by atoms with Gasteiger partial charge in [0.1, 0.15) is 5.69 Å². The van der Waals surface area contributed by atoms with Crippen LogP contribution >= 0.6 is 0 Å². The highest BCUT2D eigenvalue weighted by atomic mass is 16.1. The van der Waals surface area contributed by atoms with Crippen LogP contribution in [0, 0.1) is 5.92 Å². The normalized spacial score (nSPS) is 10.7. The summed E-state index contributed by atoms with van der Waals surface area (Å²) in [6.45, 7) is 11.4. The summed E-state index contributed by atoms with van der Waals surface area (Å²) in [4.78, 5) is 18.6. The molecule has 0 radical (unpaired) electrons. The quantitative estimate of drug-likeness (QED) is 0.757. The zero-order valence-corrected chi connectivity index (χ0v) is 13.9. The van der Waals surface area contributed by atoms with Crippen LogP contribution in [0.4, 0.5) is 5.69 Å². The average Bonchev–Trinajstić information content (AvgIpc) is 2.46. The number of nitrogens with one attached hydrogen (secondary N) is 1. The van der Waals surface area contributed by atoms with Crippen LogP contribution in [-0.4, -0.2) is 30.5 Å². The zero-order valence-electron chi connectivity index (χ0n) is 13.9. The highest BCUT2D eigenvalue weighted by Gasteiger charge is 2.11. The van der Waals surface area contributed by atoms with E-state index in [4.69, 9.17) is 0 Å². The number of carbonyl (C=O) groups is 1. The highest BCUT2D eigenvalue weighted by molar-refractivity contribution is 5.93. The second-order valence-corrected chi connectivity index (χ2v) is 5.82. The zero-order chi connectivity index (χ0) is 15.7. The third kappa shape index (κ3) is 6.15. The molecule has 0 unspecified atom stereocenters. The van der Waals surface area contributed by atoms with Gasteiger partial charge in [0, 0.05) is 31.5 Å². The van der Waals surface area contributed by atoms with Crippen molar-refractivity contribution in [1.82, 2.24) is 10.3 Å². The fraction of sp³-hybridized carbons (Fsp3) is 0.647. The molecule has 0 aromatic carbocycles. The molecule has 0 aliphatic carbocycles. The fourth-order valence-corrected chi connectivity index (χ4v) is 2.22. The van der Waals surface area contributed by atoms with Gasteiger partial charge in [0.15, 0.2) is 0 Å². The molecule has 0 saturated carbocycles. The number of hydrogen-bond acceptors (Lipinski definition) is 3. The number of carbonyl (C=O) groups excluding carboxylic acids is 1. The van der Waals surface area contributed by atoms with Crippen LogP contribution in [0.3, 0.4) is 0 Å². The number of anilines is 1. The SMILES string of the molecule is CCCN(CCC)c1ccnc(C(=O)NCCC(C)C)c1. The summed E-state index contributed by atoms with van der Waals surface area (Å²) in [7, 11) is 0. The first kappa shape index (κ1) is 17.5. The molecule has 0 bridgehead atoms. The second-order valence-electron chi connectivity index (χ2n) is 5.82. The van der Waals surface area contributed by atoms with Gasteiger partial charge in [-0.05, 0) is 37.3 Å². The van der Waals surface area contributed by atoms with E-state index in [-0.39, 0.29) is 5.91 Å². The molecule has 1 heterocycles. The number of hydrogen-bond donors (Lipinski definition) is 1. The largest absolute Gasteiger partial charge is 0.371 e. The van der Waals surface area contributed by atoms with E-state index in [9.17, 15) is 4.79 Å². The lowest BCUT2D eigenvalue weighted by Crippen LogP contribution is -2.28. The van der Waals surface area contributed by atoms with Gasteiger partial charge in [0.25, 0.3) is 5.91 Å². The number of amides is 1. The minimum Gasteiger partial charge on any atom is -0.371 e. The van der Waals surface area contributed by atoms with Crippen molar-refractivity contribution in [2.75, 3.05) is 24.5 Å². The molecule has 1 N–H and O–H groups in total. The number of rotatable bonds is 9. The Morgan fingerprint density at radius 3 is 2.52 bits per heavy atom. The molecule has 0 spiro atoms. The van der Waals surface area contributed by atoms with Gasteiger partial charge in [-0.3, -0.25) is 9.78 Å². The van der Waals surface area contributed by atoms with Crippen molar-refractivity contribution in [3.63, 3.8) is 0 Å². The molecule has 1 rings (SSSR count). The van der Waals surface area contributed by atoms with E-state index in [1.165, 1.54) is 0 Å². The Morgan fingerprint density at radius 1 is 1.29 bits per heavy atom. The van der Waals surface area contributed by atoms with Crippen LogP contribution in [0.1, 0.15) is 57.4 Å². The Labute approximate surface area is 129 Å². The smallest absolute Gasteiger partial charge is 0.269 e. The van der Waals surface area contributed by atoms with Crippen molar-refractivity contribution in [2.45, 2.75) is 47.0 Å². The van der Waals surface area contributed by atoms with Crippen molar-refractivity contribution in [1.29, 1.82) is 0 Å². The van der Waals surface area contributed by atoms with Crippen molar-refractivity contribution in [3.05, 3.63) is 24.0 Å². The number of aromatic nitrogens is 1. The van der Waals surface area contributed by atoms with Crippen LogP contribution in [0.5, 0.6) is 0 Å². The Bertz CT molecular complexity index is 426. The first-order chi connectivity index (χ1) is 10.1. The predicted molar refractivity (Wildman–Crippen MR) is 88.8 cm³/mol. The van der Waals surface area contributed by atoms with Gasteiger partial charge >= 0.3 is 0 Å². The maximum absolute atomic E-state index is 12.1. The van der Waals surface area contributed by atoms with Gasteiger partial charge in [-0.15, -0.1) is 0 Å². The summed E-state index contributed by atoms with van der Waals surface area (Å²) < 4.78 is 0. The molecule has 4 heteroatoms. The number of nitrogens with zero attached hydrogens (tertiary/aromatic N) is 2. The molecule has 21 heavy (non-hydrogen) atoms. The Morgan fingerprint density at radius 2 is 1.95 bits per heavy atom. The molecule has 0 aliphatic rings. The van der Waals surface area contributed by atoms with Crippen LogP contribution < -0.4 is 10.2 Å². The molecule has 0 atom stereocenters. The standard InChI is InChI=1S/C17H29N3O/c1-5-11-20(12-6-2)15-8-10-18-16(13-15)17(21)19-9-7-14(3)4/h8,10,13-14H,5-7,9,11-12H2,1-4H3,(H,19,21). The molecule has 0 fully saturated rings. The fourth-order valence-electron chi connectivity index (χ4n) is 2.22. The summed E-state index contributed by atoms with van der Waals surface area (Å²) in [5.41, 5.74) is 1.59. The van der Waals surface area contributed by atoms with Gasteiger partial charge in [0.05, 0.1) is 0 Å². The minimum atomic E-state index is -0.0783. The second kappa shape index (κ2) is 9.37. The van der Waals surface area contributed by atoms with Crippen molar-refractivity contribution >= 4 is 11.6 Å². The summed E-state index contributed by atoms with van der Waals surface area (Å²) in [5, 5.41) is 2.94. The molecule has 4 nitrogen and oxygen atoms in total. The predicted octanol–water partition coefficient (Wildman–Crippen LogP) is 3.48. The van der Waals surface area contributed by atoms with E-state index in [0.717, 1.165) is 38.0 Å². The van der Waals surface area contributed by atoms with E-state index in [2.05, 4.69) is 42.9 Å². The van der Waals surface area contributed by atoms with Crippen molar-refractivity contribution in [2.24, 2.45) is 5.92 Å². The maximum atomic E-state index is 12.1. The van der Waals surface area contributed by atoms with Crippen LogP contribution in [0.25, 0.3) is 0 Å². The van der Waals surface area contributed by atoms with Gasteiger partial charge < -0.3 is 10.2 Å². The molecule has 1 amide bonds. The monoisotopic (exact) mass is 291 g/mol. The van der Waals surface area contributed by atoms with Gasteiger partial charge in [-0.2, -0.15) is 0 Å². The van der Waals surface area contributed by atoms with E-state index in [1.807, 2.05) is 12.1 Å². The highest BCUT2D eigenvalue weighted by Crippen LogP contribution is 2.15. The van der Waals surface area contributed by atoms with Gasteiger partial charge in [0.2, 0.25) is 0 Å². The molecule has 0 saturated heterocycles. The number of pyridine rings is 1. The topological polar surface area (TPSA) is 45.2 Å². The maximum Gasteiger partial charge on any atom is 0.269 e. The van der Waals surface area contributed by atoms with E-state index in [1.54, 1.807) is 6.20 Å². The van der Waals surface area contributed by atoms with Crippen LogP contribution in [-0.2, 0) is 0 Å². The van der Waals surface area contributed by atoms with E-state index < -0.39 is 0 Å². The molecular weight excluding hydrogens is 262 g/mol. The summed E-state index contributed by atoms with van der Waals surface area (Å²) in [6.07, 6.45) is 4.91. The lowest BCUT2D eigenvalue weighted by molar-refractivity contribution is 0.0947. The van der Waals surface area contributed by atoms with E-state index >= 15 is 0 Å². The average molecular weight is 291 g/mol. The lowest BCUT2D eigenvalue weighted by Gasteiger charge is -2.23. The third-order valence-corrected chi connectivity index (χ3v) is 3.34. The summed E-state index contributed by atoms with van der Waals surface area (Å²) in [5.74, 6) is 0.514. The minimum absolute atomic E-state index is 0.0783. The first-order valence-corrected chi connectivity index (χ1v) is 8.07. The molecule has 0 aliphatic heterocycles. The van der Waals surface area contributed by atoms with Crippen LogP contribution in [0.15, 0.2) is 18.3 Å². The van der Waals surface area contributed by atoms with Crippen LogP contribution in [0.2, 0.25) is 0 Å². The molecular formula is C17H29N3O. The molecule has 1 aromatic rings.